The molecule has 0 N–H and O–H groups in total. The second kappa shape index (κ2) is 14.3. The van der Waals surface area contributed by atoms with Gasteiger partial charge in [-0.3, -0.25) is 0 Å². The lowest BCUT2D eigenvalue weighted by molar-refractivity contribution is 0.669. The number of nitrogens with zero attached hydrogens (tertiary/aromatic N) is 1. The third kappa shape index (κ3) is 6.07. The highest BCUT2D eigenvalue weighted by Crippen LogP contribution is 2.43. The molecule has 0 spiro atoms. The van der Waals surface area contributed by atoms with Crippen molar-refractivity contribution in [2.24, 2.45) is 0 Å². The molecule has 0 fully saturated rings. The molecule has 2 nitrogen and oxygen atoms in total. The van der Waals surface area contributed by atoms with Crippen LogP contribution in [0.5, 0.6) is 0 Å². The Bertz CT molecular complexity index is 3140. The zero-order valence-electron chi connectivity index (χ0n) is 31.9. The standard InChI is InChI=1S/C56H39NO/c1-3-12-38(13-4-1)44-18-11-19-48(35-44)57(49-31-32-50(41-15-5-2-6-16-41)52(37-49)46-25-22-39-14-7-8-17-43(39)34-46)47-29-26-40(27-30-47)45-24-23-42-28-33-55-56(53(42)36-45)51-20-9-10-21-54(51)58-55/h1-33,35-37,46H,34H2. The molecule has 0 aliphatic heterocycles. The Hall–Kier alpha value is -7.42. The highest BCUT2D eigenvalue weighted by atomic mass is 16.3. The number of rotatable bonds is 7. The summed E-state index contributed by atoms with van der Waals surface area (Å²) < 4.78 is 6.25. The van der Waals surface area contributed by atoms with Crippen LogP contribution in [0.15, 0.2) is 217 Å². The first-order valence-electron chi connectivity index (χ1n) is 20.1. The highest BCUT2D eigenvalue weighted by molar-refractivity contribution is 6.19. The van der Waals surface area contributed by atoms with Gasteiger partial charge in [-0.25, -0.2) is 0 Å². The van der Waals surface area contributed by atoms with Crippen LogP contribution in [0.3, 0.4) is 0 Å². The number of para-hydroxylation sites is 1. The Kier molecular flexibility index (Phi) is 8.33. The van der Waals surface area contributed by atoms with E-state index >= 15 is 0 Å². The van der Waals surface area contributed by atoms with Crippen molar-refractivity contribution in [3.63, 3.8) is 0 Å². The summed E-state index contributed by atoms with van der Waals surface area (Å²) in [7, 11) is 0. The summed E-state index contributed by atoms with van der Waals surface area (Å²) in [6.07, 6.45) is 5.66. The molecule has 0 bridgehead atoms. The van der Waals surface area contributed by atoms with Gasteiger partial charge in [-0.05, 0) is 122 Å². The van der Waals surface area contributed by atoms with E-state index in [-0.39, 0.29) is 5.92 Å². The molecule has 274 valence electrons. The third-order valence-electron chi connectivity index (χ3n) is 11.8. The lowest BCUT2D eigenvalue weighted by atomic mass is 9.81. The molecule has 0 saturated carbocycles. The maximum atomic E-state index is 6.25. The van der Waals surface area contributed by atoms with E-state index in [1.165, 1.54) is 66.2 Å². The van der Waals surface area contributed by atoms with Crippen molar-refractivity contribution in [3.05, 3.63) is 229 Å². The van der Waals surface area contributed by atoms with Crippen LogP contribution in [-0.2, 0) is 6.42 Å². The van der Waals surface area contributed by atoms with Crippen LogP contribution in [0.4, 0.5) is 17.1 Å². The van der Waals surface area contributed by atoms with Crippen LogP contribution in [0.1, 0.15) is 22.6 Å². The van der Waals surface area contributed by atoms with Gasteiger partial charge < -0.3 is 9.32 Å². The van der Waals surface area contributed by atoms with Crippen molar-refractivity contribution in [2.45, 2.75) is 12.3 Å². The van der Waals surface area contributed by atoms with Gasteiger partial charge in [-0.1, -0.05) is 164 Å². The van der Waals surface area contributed by atoms with Crippen LogP contribution in [0.2, 0.25) is 0 Å². The fourth-order valence-electron chi connectivity index (χ4n) is 8.93. The third-order valence-corrected chi connectivity index (χ3v) is 11.8. The zero-order valence-corrected chi connectivity index (χ0v) is 31.9. The predicted molar refractivity (Wildman–Crippen MR) is 244 cm³/mol. The molecular weight excluding hydrogens is 703 g/mol. The molecule has 58 heavy (non-hydrogen) atoms. The van der Waals surface area contributed by atoms with Crippen LogP contribution < -0.4 is 4.90 Å². The molecule has 1 aromatic heterocycles. The quantitative estimate of drug-likeness (QED) is 0.162. The topological polar surface area (TPSA) is 16.4 Å². The van der Waals surface area contributed by atoms with E-state index < -0.39 is 0 Å². The van der Waals surface area contributed by atoms with Gasteiger partial charge >= 0.3 is 0 Å². The lowest BCUT2D eigenvalue weighted by Crippen LogP contribution is -2.12. The summed E-state index contributed by atoms with van der Waals surface area (Å²) in [4.78, 5) is 2.41. The number of hydrogen-bond donors (Lipinski definition) is 0. The first-order valence-corrected chi connectivity index (χ1v) is 20.1. The summed E-state index contributed by atoms with van der Waals surface area (Å²) >= 11 is 0. The van der Waals surface area contributed by atoms with Crippen molar-refractivity contribution >= 4 is 55.8 Å². The van der Waals surface area contributed by atoms with Gasteiger partial charge in [0.05, 0.1) is 0 Å². The normalized spacial score (nSPS) is 13.6. The van der Waals surface area contributed by atoms with Gasteiger partial charge in [-0.15, -0.1) is 0 Å². The van der Waals surface area contributed by atoms with Crippen LogP contribution in [-0.4, -0.2) is 0 Å². The van der Waals surface area contributed by atoms with E-state index in [0.717, 1.165) is 40.0 Å². The Balaban J connectivity index is 1.05. The van der Waals surface area contributed by atoms with Crippen LogP contribution in [0, 0.1) is 0 Å². The van der Waals surface area contributed by atoms with E-state index in [4.69, 9.17) is 4.42 Å². The molecule has 0 saturated heterocycles. The first kappa shape index (κ1) is 33.9. The van der Waals surface area contributed by atoms with Crippen molar-refractivity contribution in [2.75, 3.05) is 4.90 Å². The number of anilines is 3. The number of benzene rings is 9. The minimum absolute atomic E-state index is 0.233. The Morgan fingerprint density at radius 2 is 1.09 bits per heavy atom. The molecule has 0 radical (unpaired) electrons. The van der Waals surface area contributed by atoms with Crippen molar-refractivity contribution in [1.29, 1.82) is 0 Å². The van der Waals surface area contributed by atoms with E-state index in [2.05, 4.69) is 211 Å². The Labute approximate surface area is 338 Å². The summed E-state index contributed by atoms with van der Waals surface area (Å²) in [5, 5.41) is 4.72. The van der Waals surface area contributed by atoms with Gasteiger partial charge in [0, 0.05) is 33.8 Å². The second-order valence-electron chi connectivity index (χ2n) is 15.3. The number of hydrogen-bond acceptors (Lipinski definition) is 2. The largest absolute Gasteiger partial charge is 0.456 e. The molecule has 0 amide bonds. The van der Waals surface area contributed by atoms with E-state index in [0.29, 0.717) is 0 Å². The maximum Gasteiger partial charge on any atom is 0.136 e. The van der Waals surface area contributed by atoms with E-state index in [9.17, 15) is 0 Å². The summed E-state index contributed by atoms with van der Waals surface area (Å²) in [6.45, 7) is 0. The smallest absolute Gasteiger partial charge is 0.136 e. The average molecular weight is 742 g/mol. The van der Waals surface area contributed by atoms with E-state index in [1.807, 2.05) is 12.1 Å². The van der Waals surface area contributed by atoms with Crippen molar-refractivity contribution < 1.29 is 4.42 Å². The fraction of sp³-hybridized carbons (Fsp3) is 0.0357. The zero-order chi connectivity index (χ0) is 38.4. The minimum atomic E-state index is 0.233. The Morgan fingerprint density at radius 1 is 0.431 bits per heavy atom. The summed E-state index contributed by atoms with van der Waals surface area (Å²) in [5.74, 6) is 0.233. The molecule has 1 aliphatic carbocycles. The van der Waals surface area contributed by atoms with Crippen LogP contribution in [0.25, 0.3) is 72.2 Å². The molecule has 9 aromatic carbocycles. The summed E-state index contributed by atoms with van der Waals surface area (Å²) in [6, 6.07) is 74.7. The lowest BCUT2D eigenvalue weighted by Gasteiger charge is -2.29. The predicted octanol–water partition coefficient (Wildman–Crippen LogP) is 15.6. The molecule has 2 heteroatoms. The first-order chi connectivity index (χ1) is 28.7. The monoisotopic (exact) mass is 741 g/mol. The molecule has 10 aromatic rings. The Morgan fingerprint density at radius 3 is 1.95 bits per heavy atom. The van der Waals surface area contributed by atoms with Crippen molar-refractivity contribution in [1.82, 2.24) is 0 Å². The van der Waals surface area contributed by atoms with Gasteiger partial charge in [0.25, 0.3) is 0 Å². The van der Waals surface area contributed by atoms with E-state index in [1.54, 1.807) is 0 Å². The fourth-order valence-corrected chi connectivity index (χ4v) is 8.93. The van der Waals surface area contributed by atoms with Crippen molar-refractivity contribution in [3.8, 4) is 33.4 Å². The van der Waals surface area contributed by atoms with Gasteiger partial charge in [0.1, 0.15) is 11.2 Å². The molecule has 11 rings (SSSR count). The molecular formula is C56H39NO. The van der Waals surface area contributed by atoms with Gasteiger partial charge in [0.15, 0.2) is 0 Å². The minimum Gasteiger partial charge on any atom is -0.456 e. The maximum absolute atomic E-state index is 6.25. The number of allylic oxidation sites excluding steroid dienone is 1. The van der Waals surface area contributed by atoms with Gasteiger partial charge in [-0.2, -0.15) is 0 Å². The molecule has 1 atom stereocenters. The average Bonchev–Trinajstić information content (AvgIpc) is 3.69. The van der Waals surface area contributed by atoms with Crippen LogP contribution >= 0.6 is 0 Å². The molecule has 1 unspecified atom stereocenters. The number of fused-ring (bicyclic) bond motifs is 6. The second-order valence-corrected chi connectivity index (χ2v) is 15.3. The summed E-state index contributed by atoms with van der Waals surface area (Å²) in [5.41, 5.74) is 16.4. The molecule has 1 heterocycles. The van der Waals surface area contributed by atoms with Gasteiger partial charge in [0.2, 0.25) is 0 Å². The highest BCUT2D eigenvalue weighted by Gasteiger charge is 2.22. The molecule has 1 aliphatic rings. The number of furan rings is 1. The SMILES string of the molecule is C1=CC(c2cc(N(c3ccc(-c4ccc5ccc6oc7ccccc7c6c5c4)cc3)c3cccc(-c4ccccc4)c3)ccc2-c2ccccc2)Cc2ccccc21.